The Morgan fingerprint density at radius 1 is 1.06 bits per heavy atom. The Balaban J connectivity index is 2.46. The molecule has 0 aliphatic heterocycles. The Morgan fingerprint density at radius 2 is 1.81 bits per heavy atom. The fraction of sp³-hybridized carbons (Fsp3) is 0.214. The molecule has 0 aliphatic carbocycles. The normalized spacial score (nSPS) is 10.4. The highest BCUT2D eigenvalue weighted by Gasteiger charge is 2.15. The molecule has 0 spiro atoms. The van der Waals surface area contributed by atoms with Crippen LogP contribution in [0.5, 0.6) is 0 Å². The maximum absolute atomic E-state index is 12.2. The molecule has 0 saturated heterocycles. The summed E-state index contributed by atoms with van der Waals surface area (Å²) >= 11 is 0. The molecule has 0 aliphatic rings. The molecule has 2 rings (SSSR count). The van der Waals surface area contributed by atoms with E-state index in [1.54, 1.807) is 19.3 Å². The van der Waals surface area contributed by atoms with Gasteiger partial charge >= 0.3 is 0 Å². The molecule has 0 radical (unpaired) electrons. The summed E-state index contributed by atoms with van der Waals surface area (Å²) in [4.78, 5) is 12.2. The second kappa shape index (κ2) is 3.97. The van der Waals surface area contributed by atoms with Crippen LogP contribution < -0.4 is 0 Å². The van der Waals surface area contributed by atoms with E-state index < -0.39 is 0 Å². The number of hydrogen-bond acceptors (Lipinski definition) is 2. The molecule has 0 unspecified atom stereocenters. The van der Waals surface area contributed by atoms with Gasteiger partial charge in [-0.25, -0.2) is 0 Å². The molecule has 0 bridgehead atoms. The van der Waals surface area contributed by atoms with Crippen LogP contribution in [0.1, 0.15) is 32.8 Å². The molecule has 2 heteroatoms. The number of furan rings is 1. The van der Waals surface area contributed by atoms with Crippen LogP contribution in [0.25, 0.3) is 0 Å². The van der Waals surface area contributed by atoms with E-state index in [-0.39, 0.29) is 5.78 Å². The largest absolute Gasteiger partial charge is 0.469 e. The number of ketones is 1. The molecule has 82 valence electrons. The van der Waals surface area contributed by atoms with Crippen LogP contribution in [0.4, 0.5) is 0 Å². The van der Waals surface area contributed by atoms with E-state index >= 15 is 0 Å². The number of aryl methyl sites for hydroxylation is 3. The maximum atomic E-state index is 12.2. The first kappa shape index (κ1) is 10.7. The van der Waals surface area contributed by atoms with Crippen LogP contribution in [0.3, 0.4) is 0 Å². The van der Waals surface area contributed by atoms with E-state index in [0.29, 0.717) is 11.3 Å². The summed E-state index contributed by atoms with van der Waals surface area (Å²) in [6, 6.07) is 7.56. The fourth-order valence-electron chi connectivity index (χ4n) is 1.83. The van der Waals surface area contributed by atoms with Crippen LogP contribution in [0.2, 0.25) is 0 Å². The lowest BCUT2D eigenvalue weighted by Crippen LogP contribution is -2.04. The fourth-order valence-corrected chi connectivity index (χ4v) is 1.83. The molecule has 2 aromatic rings. The summed E-state index contributed by atoms with van der Waals surface area (Å²) in [6.07, 6.45) is 1.55. The Hall–Kier alpha value is -1.83. The molecule has 0 amide bonds. The van der Waals surface area contributed by atoms with Crippen LogP contribution in [-0.2, 0) is 0 Å². The van der Waals surface area contributed by atoms with E-state index in [9.17, 15) is 4.79 Å². The minimum atomic E-state index is 0.0313. The van der Waals surface area contributed by atoms with Crippen molar-refractivity contribution >= 4 is 5.78 Å². The molecule has 1 aromatic heterocycles. The van der Waals surface area contributed by atoms with Crippen molar-refractivity contribution in [2.75, 3.05) is 0 Å². The second-order valence-corrected chi connectivity index (χ2v) is 4.04. The number of benzene rings is 1. The van der Waals surface area contributed by atoms with Gasteiger partial charge in [0.2, 0.25) is 0 Å². The van der Waals surface area contributed by atoms with Crippen LogP contribution in [-0.4, -0.2) is 5.78 Å². The van der Waals surface area contributed by atoms with E-state index in [1.807, 2.05) is 32.0 Å². The number of carbonyl (C=O) groups is 1. The first-order valence-corrected chi connectivity index (χ1v) is 5.25. The lowest BCUT2D eigenvalue weighted by molar-refractivity contribution is 0.103. The third-order valence-corrected chi connectivity index (χ3v) is 2.73. The molecule has 0 atom stereocenters. The van der Waals surface area contributed by atoms with Gasteiger partial charge in [0, 0.05) is 5.56 Å². The van der Waals surface area contributed by atoms with Crippen molar-refractivity contribution in [3.8, 4) is 0 Å². The molecule has 0 N–H and O–H groups in total. The van der Waals surface area contributed by atoms with Crippen molar-refractivity contribution in [2.24, 2.45) is 0 Å². The van der Waals surface area contributed by atoms with Crippen molar-refractivity contribution in [3.63, 3.8) is 0 Å². The minimum absolute atomic E-state index is 0.0313. The topological polar surface area (TPSA) is 30.2 Å². The van der Waals surface area contributed by atoms with Crippen LogP contribution >= 0.6 is 0 Å². The van der Waals surface area contributed by atoms with Gasteiger partial charge in [-0.05, 0) is 32.4 Å². The molecule has 0 fully saturated rings. The average molecular weight is 214 g/mol. The third-order valence-electron chi connectivity index (χ3n) is 2.73. The van der Waals surface area contributed by atoms with Gasteiger partial charge in [0.15, 0.2) is 5.78 Å². The Morgan fingerprint density at radius 3 is 2.38 bits per heavy atom. The zero-order valence-electron chi connectivity index (χ0n) is 9.70. The Bertz CT molecular complexity index is 535. The van der Waals surface area contributed by atoms with Gasteiger partial charge in [0.1, 0.15) is 5.76 Å². The van der Waals surface area contributed by atoms with Gasteiger partial charge in [-0.3, -0.25) is 4.79 Å². The molecule has 1 heterocycles. The third kappa shape index (κ3) is 1.78. The summed E-state index contributed by atoms with van der Waals surface area (Å²) in [5.41, 5.74) is 3.56. The predicted octanol–water partition coefficient (Wildman–Crippen LogP) is 3.44. The van der Waals surface area contributed by atoms with Gasteiger partial charge in [-0.1, -0.05) is 23.8 Å². The lowest BCUT2D eigenvalue weighted by atomic mass is 9.98. The molecule has 1 aromatic carbocycles. The molecular formula is C14H14O2. The summed E-state index contributed by atoms with van der Waals surface area (Å²) in [5, 5.41) is 0. The second-order valence-electron chi connectivity index (χ2n) is 4.04. The smallest absolute Gasteiger partial charge is 0.196 e. The highest BCUT2D eigenvalue weighted by atomic mass is 16.3. The summed E-state index contributed by atoms with van der Waals surface area (Å²) in [5.74, 6) is 0.703. The van der Waals surface area contributed by atoms with Gasteiger partial charge in [0.25, 0.3) is 0 Å². The maximum Gasteiger partial charge on any atom is 0.196 e. The number of rotatable bonds is 2. The summed E-state index contributed by atoms with van der Waals surface area (Å²) in [7, 11) is 0. The summed E-state index contributed by atoms with van der Waals surface area (Å²) in [6.45, 7) is 5.77. The first-order chi connectivity index (χ1) is 7.59. The van der Waals surface area contributed by atoms with Gasteiger partial charge in [0.05, 0.1) is 11.8 Å². The number of carbonyl (C=O) groups excluding carboxylic acids is 1. The minimum Gasteiger partial charge on any atom is -0.469 e. The monoisotopic (exact) mass is 214 g/mol. The quantitative estimate of drug-likeness (QED) is 0.717. The highest BCUT2D eigenvalue weighted by molar-refractivity contribution is 6.10. The number of hydrogen-bond donors (Lipinski definition) is 0. The Labute approximate surface area is 94.9 Å². The standard InChI is InChI=1S/C14H14O2/c1-9-4-5-12(10(2)8-9)14(15)13-6-7-16-11(13)3/h4-8H,1-3H3. The van der Waals surface area contributed by atoms with Gasteiger partial charge in [-0.15, -0.1) is 0 Å². The van der Waals surface area contributed by atoms with Crippen LogP contribution in [0.15, 0.2) is 34.9 Å². The van der Waals surface area contributed by atoms with Crippen molar-refractivity contribution in [1.29, 1.82) is 0 Å². The lowest BCUT2D eigenvalue weighted by Gasteiger charge is -2.05. The SMILES string of the molecule is Cc1ccc(C(=O)c2ccoc2C)c(C)c1. The van der Waals surface area contributed by atoms with E-state index in [2.05, 4.69) is 0 Å². The van der Waals surface area contributed by atoms with Crippen molar-refractivity contribution < 1.29 is 9.21 Å². The summed E-state index contributed by atoms with van der Waals surface area (Å²) < 4.78 is 5.15. The zero-order chi connectivity index (χ0) is 11.7. The van der Waals surface area contributed by atoms with Crippen molar-refractivity contribution in [3.05, 3.63) is 58.5 Å². The Kier molecular flexibility index (Phi) is 2.65. The predicted molar refractivity (Wildman–Crippen MR) is 62.8 cm³/mol. The molecule has 2 nitrogen and oxygen atoms in total. The van der Waals surface area contributed by atoms with Crippen molar-refractivity contribution in [1.82, 2.24) is 0 Å². The van der Waals surface area contributed by atoms with Gasteiger partial charge < -0.3 is 4.42 Å². The zero-order valence-corrected chi connectivity index (χ0v) is 9.70. The molecule has 0 saturated carbocycles. The molecule has 16 heavy (non-hydrogen) atoms. The average Bonchev–Trinajstić information content (AvgIpc) is 2.63. The molecular weight excluding hydrogens is 200 g/mol. The first-order valence-electron chi connectivity index (χ1n) is 5.25. The van der Waals surface area contributed by atoms with E-state index in [4.69, 9.17) is 4.42 Å². The van der Waals surface area contributed by atoms with Crippen LogP contribution in [0, 0.1) is 20.8 Å². The van der Waals surface area contributed by atoms with E-state index in [0.717, 1.165) is 16.7 Å². The van der Waals surface area contributed by atoms with E-state index in [1.165, 1.54) is 0 Å². The highest BCUT2D eigenvalue weighted by Crippen LogP contribution is 2.18. The van der Waals surface area contributed by atoms with Crippen molar-refractivity contribution in [2.45, 2.75) is 20.8 Å². The van der Waals surface area contributed by atoms with Gasteiger partial charge in [-0.2, -0.15) is 0 Å².